The van der Waals surface area contributed by atoms with Crippen LogP contribution in [-0.2, 0) is 4.79 Å². The van der Waals surface area contributed by atoms with Crippen LogP contribution in [0.1, 0.15) is 25.7 Å². The molecule has 0 radical (unpaired) electrons. The molecule has 19 heavy (non-hydrogen) atoms. The summed E-state index contributed by atoms with van der Waals surface area (Å²) in [5.74, 6) is 0.265. The van der Waals surface area contributed by atoms with E-state index in [0.29, 0.717) is 15.9 Å². The van der Waals surface area contributed by atoms with Crippen molar-refractivity contribution in [1.29, 1.82) is 0 Å². The van der Waals surface area contributed by atoms with Gasteiger partial charge >= 0.3 is 0 Å². The van der Waals surface area contributed by atoms with Crippen LogP contribution in [0.3, 0.4) is 0 Å². The fourth-order valence-electron chi connectivity index (χ4n) is 2.43. The van der Waals surface area contributed by atoms with Gasteiger partial charge in [0.25, 0.3) is 0 Å². The average Bonchev–Trinajstić information content (AvgIpc) is 2.84. The zero-order valence-electron chi connectivity index (χ0n) is 10.4. The zero-order valence-corrected chi connectivity index (χ0v) is 11.9. The zero-order chi connectivity index (χ0) is 14.0. The maximum Gasteiger partial charge on any atom is 0.237 e. The van der Waals surface area contributed by atoms with Gasteiger partial charge < -0.3 is 16.4 Å². The minimum atomic E-state index is -0.418. The van der Waals surface area contributed by atoms with E-state index in [1.807, 2.05) is 4.90 Å². The second-order valence-electron chi connectivity index (χ2n) is 4.69. The molecule has 0 unspecified atom stereocenters. The van der Waals surface area contributed by atoms with Crippen molar-refractivity contribution in [1.82, 2.24) is 4.98 Å². The largest absolute Gasteiger partial charge is 0.382 e. The van der Waals surface area contributed by atoms with Gasteiger partial charge in [0.05, 0.1) is 16.6 Å². The van der Waals surface area contributed by atoms with Crippen molar-refractivity contribution in [2.45, 2.75) is 31.7 Å². The van der Waals surface area contributed by atoms with Crippen LogP contribution >= 0.6 is 23.2 Å². The van der Waals surface area contributed by atoms with Crippen LogP contribution in [-0.4, -0.2) is 23.5 Å². The molecule has 0 spiro atoms. The first-order valence-electron chi connectivity index (χ1n) is 6.15. The molecule has 1 saturated carbocycles. The molecule has 2 rings (SSSR count). The van der Waals surface area contributed by atoms with Crippen molar-refractivity contribution in [2.24, 2.45) is 5.73 Å². The van der Waals surface area contributed by atoms with Crippen LogP contribution in [0.2, 0.25) is 10.0 Å². The summed E-state index contributed by atoms with van der Waals surface area (Å²) in [5.41, 5.74) is 11.0. The van der Waals surface area contributed by atoms with E-state index in [0.717, 1.165) is 25.7 Å². The fourth-order valence-corrected chi connectivity index (χ4v) is 2.90. The van der Waals surface area contributed by atoms with Crippen LogP contribution in [0.25, 0.3) is 0 Å². The minimum absolute atomic E-state index is 0.0818. The number of aromatic nitrogens is 1. The minimum Gasteiger partial charge on any atom is -0.382 e. The first kappa shape index (κ1) is 14.2. The summed E-state index contributed by atoms with van der Waals surface area (Å²) in [6.45, 7) is 0.0818. The van der Waals surface area contributed by atoms with Crippen LogP contribution in [0.15, 0.2) is 6.07 Å². The number of carbonyl (C=O) groups is 1. The van der Waals surface area contributed by atoms with E-state index in [1.54, 1.807) is 6.07 Å². The quantitative estimate of drug-likeness (QED) is 0.893. The van der Waals surface area contributed by atoms with E-state index >= 15 is 0 Å². The van der Waals surface area contributed by atoms with E-state index in [4.69, 9.17) is 34.7 Å². The van der Waals surface area contributed by atoms with E-state index in [1.165, 1.54) is 0 Å². The van der Waals surface area contributed by atoms with Crippen LogP contribution in [0.4, 0.5) is 11.6 Å². The number of amides is 1. The van der Waals surface area contributed by atoms with E-state index in [-0.39, 0.29) is 18.4 Å². The second kappa shape index (κ2) is 5.84. The highest BCUT2D eigenvalue weighted by Gasteiger charge is 2.27. The molecule has 1 amide bonds. The highest BCUT2D eigenvalue weighted by atomic mass is 35.5. The third kappa shape index (κ3) is 3.22. The molecule has 0 aromatic carbocycles. The van der Waals surface area contributed by atoms with E-state index in [2.05, 4.69) is 4.98 Å². The lowest BCUT2D eigenvalue weighted by atomic mass is 10.2. The summed E-state index contributed by atoms with van der Waals surface area (Å²) in [6.07, 6.45) is 4.24. The molecule has 1 heterocycles. The van der Waals surface area contributed by atoms with Crippen molar-refractivity contribution in [3.63, 3.8) is 0 Å². The van der Waals surface area contributed by atoms with Crippen LogP contribution < -0.4 is 16.4 Å². The molecule has 104 valence electrons. The standard InChI is InChI=1S/C12H16Cl2N4O/c13-8-5-9(14)12(17-11(8)16)18(6-10(15)19)7-3-1-2-4-7/h5,7H,1-4,6H2,(H2,15,19)(H2,16,17). The predicted molar refractivity (Wildman–Crippen MR) is 77.5 cm³/mol. The number of halogens is 2. The summed E-state index contributed by atoms with van der Waals surface area (Å²) < 4.78 is 0. The Morgan fingerprint density at radius 2 is 2.00 bits per heavy atom. The summed E-state index contributed by atoms with van der Waals surface area (Å²) >= 11 is 12.0. The number of carbonyl (C=O) groups excluding carboxylic acids is 1. The maximum absolute atomic E-state index is 11.3. The van der Waals surface area contributed by atoms with Crippen molar-refractivity contribution in [3.05, 3.63) is 16.1 Å². The van der Waals surface area contributed by atoms with Crippen molar-refractivity contribution >= 4 is 40.7 Å². The molecule has 1 aliphatic rings. The molecule has 0 saturated heterocycles. The second-order valence-corrected chi connectivity index (χ2v) is 5.51. The van der Waals surface area contributed by atoms with Gasteiger partial charge in [-0.05, 0) is 18.9 Å². The monoisotopic (exact) mass is 302 g/mol. The van der Waals surface area contributed by atoms with Gasteiger partial charge in [0.2, 0.25) is 5.91 Å². The summed E-state index contributed by atoms with van der Waals surface area (Å²) in [7, 11) is 0. The number of nitrogens with zero attached hydrogens (tertiary/aromatic N) is 2. The van der Waals surface area contributed by atoms with Gasteiger partial charge in [-0.15, -0.1) is 0 Å². The summed E-state index contributed by atoms with van der Waals surface area (Å²) in [6, 6.07) is 1.77. The Balaban J connectivity index is 2.36. The fraction of sp³-hybridized carbons (Fsp3) is 0.500. The van der Waals surface area contributed by atoms with Crippen molar-refractivity contribution < 1.29 is 4.79 Å². The number of pyridine rings is 1. The molecule has 0 atom stereocenters. The molecule has 1 aromatic heterocycles. The van der Waals surface area contributed by atoms with Gasteiger partial charge in [-0.3, -0.25) is 4.79 Å². The highest BCUT2D eigenvalue weighted by Crippen LogP contribution is 2.34. The van der Waals surface area contributed by atoms with E-state index in [9.17, 15) is 4.79 Å². The van der Waals surface area contributed by atoms with Gasteiger partial charge in [-0.25, -0.2) is 4.98 Å². The Bertz CT molecular complexity index is 489. The van der Waals surface area contributed by atoms with Gasteiger partial charge in [-0.1, -0.05) is 36.0 Å². The average molecular weight is 303 g/mol. The predicted octanol–water partition coefficient (Wildman–Crippen LogP) is 2.20. The topological polar surface area (TPSA) is 85.2 Å². The summed E-state index contributed by atoms with van der Waals surface area (Å²) in [5, 5.41) is 0.687. The van der Waals surface area contributed by atoms with Gasteiger partial charge in [0, 0.05) is 6.04 Å². The number of nitrogens with two attached hydrogens (primary N) is 2. The maximum atomic E-state index is 11.3. The number of anilines is 2. The molecule has 0 bridgehead atoms. The lowest BCUT2D eigenvalue weighted by Crippen LogP contribution is -2.41. The molecule has 1 fully saturated rings. The third-order valence-electron chi connectivity index (χ3n) is 3.30. The Kier molecular flexibility index (Phi) is 4.37. The molecule has 1 aliphatic carbocycles. The van der Waals surface area contributed by atoms with Gasteiger partial charge in [-0.2, -0.15) is 0 Å². The van der Waals surface area contributed by atoms with Crippen LogP contribution in [0.5, 0.6) is 0 Å². The highest BCUT2D eigenvalue weighted by molar-refractivity contribution is 6.37. The molecule has 0 aliphatic heterocycles. The molecule has 7 heteroatoms. The normalized spacial score (nSPS) is 15.7. The number of hydrogen-bond acceptors (Lipinski definition) is 4. The first-order valence-corrected chi connectivity index (χ1v) is 6.91. The van der Waals surface area contributed by atoms with Gasteiger partial charge in [0.15, 0.2) is 5.82 Å². The Morgan fingerprint density at radius 3 is 2.58 bits per heavy atom. The third-order valence-corrected chi connectivity index (χ3v) is 3.88. The molecule has 1 aromatic rings. The van der Waals surface area contributed by atoms with E-state index < -0.39 is 5.91 Å². The lowest BCUT2D eigenvalue weighted by Gasteiger charge is -2.29. The molecular formula is C12H16Cl2N4O. The van der Waals surface area contributed by atoms with Crippen LogP contribution in [0, 0.1) is 0 Å². The first-order chi connectivity index (χ1) is 8.99. The molecule has 4 N–H and O–H groups in total. The molecular weight excluding hydrogens is 287 g/mol. The Morgan fingerprint density at radius 1 is 1.37 bits per heavy atom. The number of rotatable bonds is 4. The van der Waals surface area contributed by atoms with Gasteiger partial charge in [0.1, 0.15) is 5.82 Å². The Labute approximate surface area is 121 Å². The SMILES string of the molecule is NC(=O)CN(c1nc(N)c(Cl)cc1Cl)C1CCCC1. The number of nitrogen functional groups attached to an aromatic ring is 1. The van der Waals surface area contributed by atoms with Crippen molar-refractivity contribution in [3.8, 4) is 0 Å². The number of hydrogen-bond donors (Lipinski definition) is 2. The summed E-state index contributed by atoms with van der Waals surface area (Å²) in [4.78, 5) is 17.3. The number of primary amides is 1. The smallest absolute Gasteiger partial charge is 0.237 e. The van der Waals surface area contributed by atoms with Crippen molar-refractivity contribution in [2.75, 3.05) is 17.2 Å². The Hall–Kier alpha value is -1.20. The molecule has 5 nitrogen and oxygen atoms in total. The lowest BCUT2D eigenvalue weighted by molar-refractivity contribution is -0.116.